The molecule has 2 aromatic heterocycles. The first-order valence-corrected chi connectivity index (χ1v) is 31.6. The van der Waals surface area contributed by atoms with E-state index in [0.717, 1.165) is 118 Å². The van der Waals surface area contributed by atoms with Gasteiger partial charge in [0, 0.05) is 90.5 Å². The van der Waals surface area contributed by atoms with E-state index in [4.69, 9.17) is 39.3 Å². The Labute approximate surface area is 534 Å². The zero-order valence-corrected chi connectivity index (χ0v) is 53.9. The number of carbonyl (C=O) groups is 4. The fraction of sp³-hybridized carbons (Fsp3) is 0.444. The summed E-state index contributed by atoms with van der Waals surface area (Å²) in [6, 6.07) is 43.2. The van der Waals surface area contributed by atoms with E-state index < -0.39 is 41.4 Å². The number of ether oxygens (including phenoxy) is 4. The van der Waals surface area contributed by atoms with E-state index in [0.29, 0.717) is 56.1 Å². The van der Waals surface area contributed by atoms with Crippen molar-refractivity contribution in [2.45, 2.75) is 154 Å². The number of likely N-dealkylation sites (tertiary alicyclic amines) is 1. The number of aromatic nitrogens is 4. The molecule has 10 rings (SSSR count). The number of nitriles is 2. The molecular formula is C72H88N10O9. The molecule has 6 aromatic carbocycles. The minimum atomic E-state index is -0.961. The molecule has 0 saturated carbocycles. The first kappa shape index (κ1) is 68.0. The van der Waals surface area contributed by atoms with Crippen LogP contribution in [-0.2, 0) is 54.5 Å². The van der Waals surface area contributed by atoms with E-state index in [9.17, 15) is 24.4 Å². The molecule has 0 aliphatic carbocycles. The van der Waals surface area contributed by atoms with Crippen LogP contribution < -0.4 is 16.0 Å². The minimum absolute atomic E-state index is 0.00430. The predicted molar refractivity (Wildman–Crippen MR) is 354 cm³/mol. The average Bonchev–Trinajstić information content (AvgIpc) is 1.82. The number of piperidine rings is 2. The Balaban J connectivity index is 0.000000194. The number of methoxy groups -OCH3 is 2. The molecule has 2 aliphatic heterocycles. The molecule has 3 amide bonds. The monoisotopic (exact) mass is 1240 g/mol. The average molecular weight is 1240 g/mol. The SMILES string of the molecule is CC(C)(C)OC(=O)N[C@@H](CC(=O)O)Cc1ccc2ccccc2c1.COCCCn1c([C@@H]2CCCN(C(=O)C[C@@H](Cc3ccc4ccccc4c3)NC(=O)OC(C)(C)C)C2)nc2ccc(C#N)cc21.COCCCn1c([C@@H]2CCCNC2)nc2ccc(C#N)cc21. The largest absolute Gasteiger partial charge is 0.481 e. The van der Waals surface area contributed by atoms with Crippen LogP contribution >= 0.6 is 0 Å². The standard InChI is InChI=1S/C36H43N5O4.C19H23NO4.C17H22N4O/c1-36(2,3)45-35(43)38-30(20-25-12-14-27-9-5-6-10-28(27)19-25)22-33(42)40-16-7-11-29(24-40)34-39-31-15-13-26(23-37)21-32(31)41(34)17-8-18-44-4;1-19(2,3)24-18(23)20-16(12-17(21)22)11-13-8-9-14-6-4-5-7-15(14)10-13;1-22-9-3-8-21-16-10-13(11-18)5-6-15(16)20-17(21)14-4-2-7-19-12-14/h5-6,9-10,12-15,19,21,29-30H,7-8,11,16-18,20,22,24H2,1-4H3,(H,38,43);4-10,16H,11-12H2,1-3H3,(H,20,23)(H,21,22);5-6,10,14,19H,2-4,7-9,12H2,1H3/t29-,30-;16-;14-/m111/s1. The molecule has 4 N–H and O–H groups in total. The number of hydrogen-bond acceptors (Lipinski definition) is 13. The number of benzene rings is 6. The summed E-state index contributed by atoms with van der Waals surface area (Å²) >= 11 is 0. The van der Waals surface area contributed by atoms with E-state index in [1.165, 1.54) is 12.8 Å². The molecule has 19 nitrogen and oxygen atoms in total. The number of nitrogens with one attached hydrogen (secondary N) is 3. The highest BCUT2D eigenvalue weighted by atomic mass is 16.6. The van der Waals surface area contributed by atoms with Crippen LogP contribution in [0, 0.1) is 22.7 Å². The molecule has 0 radical (unpaired) electrons. The molecular weight excluding hydrogens is 1150 g/mol. The molecule has 0 bridgehead atoms. The number of carbonyl (C=O) groups excluding carboxylic acids is 3. The second-order valence-electron chi connectivity index (χ2n) is 25.5. The highest BCUT2D eigenvalue weighted by Crippen LogP contribution is 2.32. The Morgan fingerprint density at radius 1 is 0.626 bits per heavy atom. The summed E-state index contributed by atoms with van der Waals surface area (Å²) < 4.78 is 25.7. The predicted octanol–water partition coefficient (Wildman–Crippen LogP) is 12.5. The van der Waals surface area contributed by atoms with Crippen LogP contribution in [0.1, 0.15) is 139 Å². The summed E-state index contributed by atoms with van der Waals surface area (Å²) in [5, 5.41) is 41.3. The highest BCUT2D eigenvalue weighted by Gasteiger charge is 2.32. The maximum absolute atomic E-state index is 13.9. The van der Waals surface area contributed by atoms with Crippen molar-refractivity contribution in [3.8, 4) is 12.1 Å². The van der Waals surface area contributed by atoms with Crippen molar-refractivity contribution in [3.05, 3.63) is 155 Å². The van der Waals surface area contributed by atoms with Gasteiger partial charge in [-0.3, -0.25) is 9.59 Å². The highest BCUT2D eigenvalue weighted by molar-refractivity contribution is 5.85. The van der Waals surface area contributed by atoms with Crippen LogP contribution in [0.5, 0.6) is 0 Å². The van der Waals surface area contributed by atoms with Gasteiger partial charge in [0.2, 0.25) is 5.91 Å². The van der Waals surface area contributed by atoms with E-state index >= 15 is 0 Å². The summed E-state index contributed by atoms with van der Waals surface area (Å²) in [7, 11) is 3.42. The molecule has 480 valence electrons. The number of rotatable bonds is 20. The number of carboxylic acid groups (broad SMARTS) is 1. The minimum Gasteiger partial charge on any atom is -0.481 e. The molecule has 0 unspecified atom stereocenters. The third-order valence-electron chi connectivity index (χ3n) is 16.0. The summed E-state index contributed by atoms with van der Waals surface area (Å²) in [5.41, 5.74) is 5.85. The third-order valence-corrected chi connectivity index (χ3v) is 16.0. The molecule has 2 fully saturated rings. The summed E-state index contributed by atoms with van der Waals surface area (Å²) in [6.07, 6.45) is 5.70. The van der Waals surface area contributed by atoms with E-state index in [-0.39, 0.29) is 24.7 Å². The molecule has 19 heteroatoms. The van der Waals surface area contributed by atoms with Gasteiger partial charge in [-0.15, -0.1) is 0 Å². The van der Waals surface area contributed by atoms with Crippen molar-refractivity contribution in [3.63, 3.8) is 0 Å². The lowest BCUT2D eigenvalue weighted by atomic mass is 9.95. The second kappa shape index (κ2) is 32.2. The van der Waals surface area contributed by atoms with Crippen molar-refractivity contribution in [2.24, 2.45) is 0 Å². The number of imidazole rings is 2. The summed E-state index contributed by atoms with van der Waals surface area (Å²) in [5.74, 6) is 1.63. The molecule has 0 spiro atoms. The van der Waals surface area contributed by atoms with Crippen molar-refractivity contribution in [2.75, 3.05) is 53.6 Å². The van der Waals surface area contributed by atoms with Crippen LogP contribution in [0.2, 0.25) is 0 Å². The first-order valence-electron chi connectivity index (χ1n) is 31.6. The van der Waals surface area contributed by atoms with Crippen LogP contribution in [0.4, 0.5) is 9.59 Å². The van der Waals surface area contributed by atoms with Gasteiger partial charge in [-0.1, -0.05) is 84.9 Å². The summed E-state index contributed by atoms with van der Waals surface area (Å²) in [4.78, 5) is 61.5. The van der Waals surface area contributed by atoms with Gasteiger partial charge >= 0.3 is 18.2 Å². The number of amides is 3. The summed E-state index contributed by atoms with van der Waals surface area (Å²) in [6.45, 7) is 17.0. The van der Waals surface area contributed by atoms with Gasteiger partial charge in [-0.25, -0.2) is 19.6 Å². The fourth-order valence-electron chi connectivity index (χ4n) is 11.9. The van der Waals surface area contributed by atoms with Gasteiger partial charge in [0.1, 0.15) is 22.9 Å². The number of aryl methyl sites for hydroxylation is 2. The number of aliphatic carboxylic acids is 1. The van der Waals surface area contributed by atoms with Crippen molar-refractivity contribution in [1.29, 1.82) is 10.5 Å². The van der Waals surface area contributed by atoms with Crippen molar-refractivity contribution < 1.29 is 43.2 Å². The Morgan fingerprint density at radius 2 is 1.10 bits per heavy atom. The molecule has 2 aliphatic rings. The molecule has 91 heavy (non-hydrogen) atoms. The van der Waals surface area contributed by atoms with Crippen molar-refractivity contribution in [1.82, 2.24) is 40.0 Å². The molecule has 8 aromatic rings. The number of alkyl carbamates (subject to hydrolysis) is 2. The van der Waals surface area contributed by atoms with Gasteiger partial charge in [0.05, 0.1) is 51.8 Å². The Bertz CT molecular complexity index is 3860. The zero-order valence-electron chi connectivity index (χ0n) is 53.9. The molecule has 4 atom stereocenters. The van der Waals surface area contributed by atoms with Crippen molar-refractivity contribution >= 4 is 67.7 Å². The first-order chi connectivity index (χ1) is 43.7. The fourth-order valence-corrected chi connectivity index (χ4v) is 11.9. The lowest BCUT2D eigenvalue weighted by Crippen LogP contribution is -2.46. The topological polar surface area (TPSA) is 248 Å². The maximum atomic E-state index is 13.9. The van der Waals surface area contributed by atoms with E-state index in [2.05, 4.69) is 67.6 Å². The normalized spacial score (nSPS) is 15.7. The number of fused-ring (bicyclic) bond motifs is 4. The lowest BCUT2D eigenvalue weighted by Gasteiger charge is -2.34. The van der Waals surface area contributed by atoms with Crippen LogP contribution in [-0.4, -0.2) is 130 Å². The number of hydrogen-bond donors (Lipinski definition) is 4. The van der Waals surface area contributed by atoms with Gasteiger partial charge in [-0.2, -0.15) is 10.5 Å². The Kier molecular flexibility index (Phi) is 24.1. The quantitative estimate of drug-likeness (QED) is 0.0519. The van der Waals surface area contributed by atoms with E-state index in [1.54, 1.807) is 41.1 Å². The van der Waals surface area contributed by atoms with Crippen LogP contribution in [0.3, 0.4) is 0 Å². The maximum Gasteiger partial charge on any atom is 0.407 e. The molecule has 2 saturated heterocycles. The lowest BCUT2D eigenvalue weighted by molar-refractivity contribution is -0.137. The van der Waals surface area contributed by atoms with Crippen LogP contribution in [0.25, 0.3) is 43.6 Å². The van der Waals surface area contributed by atoms with Gasteiger partial charge in [-0.05, 0) is 169 Å². The number of carboxylic acids is 1. The van der Waals surface area contributed by atoms with Crippen LogP contribution in [0.15, 0.2) is 121 Å². The third kappa shape index (κ3) is 20.1. The Morgan fingerprint density at radius 3 is 1.55 bits per heavy atom. The Hall–Kier alpha value is -8.88. The molecule has 4 heterocycles. The van der Waals surface area contributed by atoms with E-state index in [1.807, 2.05) is 111 Å². The zero-order chi connectivity index (χ0) is 65.1. The second-order valence-corrected chi connectivity index (χ2v) is 25.5. The van der Waals surface area contributed by atoms with Gasteiger partial charge < -0.3 is 54.0 Å². The van der Waals surface area contributed by atoms with Gasteiger partial charge in [0.15, 0.2) is 0 Å². The smallest absolute Gasteiger partial charge is 0.407 e. The number of nitrogens with zero attached hydrogens (tertiary/aromatic N) is 7. The van der Waals surface area contributed by atoms with Gasteiger partial charge in [0.25, 0.3) is 0 Å².